The molecule has 6 nitrogen and oxygen atoms in total. The average Bonchev–Trinajstić information content (AvgIpc) is 3.46. The lowest BCUT2D eigenvalue weighted by Crippen LogP contribution is -2.36. The normalized spacial score (nSPS) is 17.3. The summed E-state index contributed by atoms with van der Waals surface area (Å²) in [5, 5.41) is 12.1. The molecule has 0 heterocycles. The van der Waals surface area contributed by atoms with E-state index in [1.165, 1.54) is 38.5 Å². The van der Waals surface area contributed by atoms with E-state index in [9.17, 15) is 9.59 Å². The molecule has 0 atom stereocenters. The third-order valence-corrected chi connectivity index (χ3v) is 4.99. The minimum absolute atomic E-state index is 0. The quantitative estimate of drug-likeness (QED) is 0.422. The predicted octanol–water partition coefficient (Wildman–Crippen LogP) is 3.43. The average molecular weight is 395 g/mol. The maximum absolute atomic E-state index is 12.3. The standard InChI is InChI=1S/C20H30N4O2.ClH/c25-19(22-13-12-21-16-7-3-1-2-4-8-16)15-6-5-9-18(14-15)24-20(26)23-17-10-11-17;/h5-6,9,14,16-17,21H,1-4,7-8,10-13H2,(H,22,25)(H2,23,24,26);1H. The molecule has 27 heavy (non-hydrogen) atoms. The molecule has 150 valence electrons. The predicted molar refractivity (Wildman–Crippen MR) is 111 cm³/mol. The van der Waals surface area contributed by atoms with Gasteiger partial charge in [-0.3, -0.25) is 4.79 Å². The van der Waals surface area contributed by atoms with Crippen molar-refractivity contribution >= 4 is 30.0 Å². The van der Waals surface area contributed by atoms with Crippen molar-refractivity contribution in [3.63, 3.8) is 0 Å². The highest BCUT2D eigenvalue weighted by Gasteiger charge is 2.23. The number of halogens is 1. The van der Waals surface area contributed by atoms with Crippen molar-refractivity contribution in [2.24, 2.45) is 0 Å². The molecule has 0 spiro atoms. The van der Waals surface area contributed by atoms with Crippen molar-refractivity contribution < 1.29 is 9.59 Å². The van der Waals surface area contributed by atoms with Gasteiger partial charge in [0.15, 0.2) is 0 Å². The zero-order valence-electron chi connectivity index (χ0n) is 15.8. The van der Waals surface area contributed by atoms with Gasteiger partial charge >= 0.3 is 6.03 Å². The monoisotopic (exact) mass is 394 g/mol. The molecule has 0 bridgehead atoms. The number of amides is 3. The lowest BCUT2D eigenvalue weighted by molar-refractivity contribution is 0.0953. The summed E-state index contributed by atoms with van der Waals surface area (Å²) in [6.07, 6.45) is 9.87. The van der Waals surface area contributed by atoms with Crippen LogP contribution < -0.4 is 21.3 Å². The number of carbonyl (C=O) groups is 2. The molecular formula is C20H31ClN4O2. The summed E-state index contributed by atoms with van der Waals surface area (Å²) in [5.41, 5.74) is 1.19. The third kappa shape index (κ3) is 7.77. The zero-order valence-corrected chi connectivity index (χ0v) is 16.6. The first-order valence-electron chi connectivity index (χ1n) is 9.90. The molecule has 0 radical (unpaired) electrons. The molecule has 4 N–H and O–H groups in total. The summed E-state index contributed by atoms with van der Waals surface area (Å²) in [4.78, 5) is 24.1. The van der Waals surface area contributed by atoms with Gasteiger partial charge in [-0.2, -0.15) is 0 Å². The van der Waals surface area contributed by atoms with E-state index in [-0.39, 0.29) is 24.3 Å². The highest BCUT2D eigenvalue weighted by atomic mass is 35.5. The minimum Gasteiger partial charge on any atom is -0.351 e. The third-order valence-electron chi connectivity index (χ3n) is 4.99. The van der Waals surface area contributed by atoms with Gasteiger partial charge in [0.2, 0.25) is 0 Å². The molecule has 2 aliphatic rings. The van der Waals surface area contributed by atoms with Crippen molar-refractivity contribution in [3.8, 4) is 0 Å². The van der Waals surface area contributed by atoms with Gasteiger partial charge in [0.25, 0.3) is 5.91 Å². The second-order valence-corrected chi connectivity index (χ2v) is 7.35. The molecule has 2 saturated carbocycles. The van der Waals surface area contributed by atoms with E-state index in [1.807, 2.05) is 0 Å². The van der Waals surface area contributed by atoms with Crippen molar-refractivity contribution in [1.29, 1.82) is 0 Å². The van der Waals surface area contributed by atoms with Crippen LogP contribution in [-0.4, -0.2) is 37.1 Å². The summed E-state index contributed by atoms with van der Waals surface area (Å²) in [7, 11) is 0. The second kappa shape index (κ2) is 11.1. The Bertz CT molecular complexity index is 614. The second-order valence-electron chi connectivity index (χ2n) is 7.35. The molecule has 2 fully saturated rings. The number of anilines is 1. The van der Waals surface area contributed by atoms with Crippen molar-refractivity contribution in [3.05, 3.63) is 29.8 Å². The first kappa shape index (κ1) is 21.5. The van der Waals surface area contributed by atoms with Crippen molar-refractivity contribution in [1.82, 2.24) is 16.0 Å². The smallest absolute Gasteiger partial charge is 0.319 e. The number of hydrogen-bond donors (Lipinski definition) is 4. The summed E-state index contributed by atoms with van der Waals surface area (Å²) < 4.78 is 0. The van der Waals surface area contributed by atoms with Gasteiger partial charge < -0.3 is 21.3 Å². The molecule has 0 aromatic heterocycles. The van der Waals surface area contributed by atoms with Gasteiger partial charge in [0, 0.05) is 36.4 Å². The molecule has 1 aromatic rings. The van der Waals surface area contributed by atoms with E-state index in [0.717, 1.165) is 19.4 Å². The highest BCUT2D eigenvalue weighted by molar-refractivity contribution is 5.96. The van der Waals surface area contributed by atoms with Gasteiger partial charge in [0.05, 0.1) is 0 Å². The summed E-state index contributed by atoms with van der Waals surface area (Å²) in [5.74, 6) is -0.112. The number of urea groups is 1. The molecular weight excluding hydrogens is 364 g/mol. The molecule has 1 aromatic carbocycles. The largest absolute Gasteiger partial charge is 0.351 e. The molecule has 2 aliphatic carbocycles. The van der Waals surface area contributed by atoms with E-state index >= 15 is 0 Å². The minimum atomic E-state index is -0.211. The lowest BCUT2D eigenvalue weighted by Gasteiger charge is -2.16. The molecule has 3 rings (SSSR count). The maximum Gasteiger partial charge on any atom is 0.319 e. The van der Waals surface area contributed by atoms with Crippen LogP contribution in [0.4, 0.5) is 10.5 Å². The van der Waals surface area contributed by atoms with Crippen LogP contribution in [0, 0.1) is 0 Å². The zero-order chi connectivity index (χ0) is 18.2. The fraction of sp³-hybridized carbons (Fsp3) is 0.600. The van der Waals surface area contributed by atoms with Crippen LogP contribution in [0.15, 0.2) is 24.3 Å². The van der Waals surface area contributed by atoms with Gasteiger partial charge in [-0.1, -0.05) is 31.7 Å². The number of hydrogen-bond acceptors (Lipinski definition) is 3. The maximum atomic E-state index is 12.3. The van der Waals surface area contributed by atoms with Gasteiger partial charge in [-0.25, -0.2) is 4.79 Å². The molecule has 0 saturated heterocycles. The van der Waals surface area contributed by atoms with Crippen LogP contribution >= 0.6 is 12.4 Å². The first-order chi connectivity index (χ1) is 12.7. The Morgan fingerprint density at radius 2 is 1.67 bits per heavy atom. The Balaban J connectivity index is 0.00000261. The van der Waals surface area contributed by atoms with Gasteiger partial charge in [-0.05, 0) is 43.9 Å². The van der Waals surface area contributed by atoms with Gasteiger partial charge in [-0.15, -0.1) is 12.4 Å². The van der Waals surface area contributed by atoms with Crippen LogP contribution in [0.25, 0.3) is 0 Å². The summed E-state index contributed by atoms with van der Waals surface area (Å²) >= 11 is 0. The number of rotatable bonds is 7. The van der Waals surface area contributed by atoms with E-state index < -0.39 is 0 Å². The number of benzene rings is 1. The SMILES string of the molecule is Cl.O=C(Nc1cccc(C(=O)NCCNC2CCCCCC2)c1)NC1CC1. The topological polar surface area (TPSA) is 82.3 Å². The molecule has 3 amide bonds. The Labute approximate surface area is 167 Å². The molecule has 0 unspecified atom stereocenters. The van der Waals surface area contributed by atoms with E-state index in [1.54, 1.807) is 24.3 Å². The van der Waals surface area contributed by atoms with Gasteiger partial charge in [0.1, 0.15) is 0 Å². The molecule has 7 heteroatoms. The summed E-state index contributed by atoms with van der Waals surface area (Å²) in [6.45, 7) is 1.40. The van der Waals surface area contributed by atoms with Crippen LogP contribution in [0.5, 0.6) is 0 Å². The highest BCUT2D eigenvalue weighted by Crippen LogP contribution is 2.19. The van der Waals surface area contributed by atoms with E-state index in [0.29, 0.717) is 29.9 Å². The van der Waals surface area contributed by atoms with Crippen molar-refractivity contribution in [2.45, 2.75) is 63.5 Å². The Morgan fingerprint density at radius 1 is 0.926 bits per heavy atom. The van der Waals surface area contributed by atoms with Crippen LogP contribution in [0.2, 0.25) is 0 Å². The van der Waals surface area contributed by atoms with E-state index in [4.69, 9.17) is 0 Å². The summed E-state index contributed by atoms with van der Waals surface area (Å²) in [6, 6.07) is 7.73. The Kier molecular flexibility index (Phi) is 8.88. The van der Waals surface area contributed by atoms with Crippen molar-refractivity contribution in [2.75, 3.05) is 18.4 Å². The lowest BCUT2D eigenvalue weighted by atomic mass is 10.1. The van der Waals surface area contributed by atoms with E-state index in [2.05, 4.69) is 21.3 Å². The molecule has 0 aliphatic heterocycles. The fourth-order valence-electron chi connectivity index (χ4n) is 3.36. The first-order valence-corrected chi connectivity index (χ1v) is 9.90. The number of carbonyl (C=O) groups excluding carboxylic acids is 2. The number of nitrogens with one attached hydrogen (secondary N) is 4. The fourth-order valence-corrected chi connectivity index (χ4v) is 3.36. The van der Waals surface area contributed by atoms with Crippen LogP contribution in [0.3, 0.4) is 0 Å². The Morgan fingerprint density at radius 3 is 2.37 bits per heavy atom. The van der Waals surface area contributed by atoms with Crippen LogP contribution in [-0.2, 0) is 0 Å². The Hall–Kier alpha value is -1.79. The van der Waals surface area contributed by atoms with Crippen LogP contribution in [0.1, 0.15) is 61.7 Å².